The number of aromatic nitrogens is 2. The van der Waals surface area contributed by atoms with Crippen LogP contribution in [0.1, 0.15) is 0 Å². The number of nitrogens with two attached hydrogens (primary N) is 2. The van der Waals surface area contributed by atoms with E-state index in [1.54, 1.807) is 24.4 Å². The Labute approximate surface area is 119 Å². The minimum atomic E-state index is -3.95. The Kier molecular flexibility index (Phi) is 2.92. The van der Waals surface area contributed by atoms with Crippen molar-refractivity contribution in [3.8, 4) is 5.69 Å². The van der Waals surface area contributed by atoms with Crippen LogP contribution in [0.5, 0.6) is 0 Å². The molecule has 0 saturated heterocycles. The van der Waals surface area contributed by atoms with E-state index in [2.05, 4.69) is 5.10 Å². The van der Waals surface area contributed by atoms with Gasteiger partial charge in [0.05, 0.1) is 16.6 Å². The minimum Gasteiger partial charge on any atom is -0.399 e. The molecule has 0 spiro atoms. The molecule has 0 unspecified atom stereocenters. The van der Waals surface area contributed by atoms with Gasteiger partial charge in [0.1, 0.15) is 11.5 Å². The molecule has 3 rings (SSSR count). The fourth-order valence-electron chi connectivity index (χ4n) is 2.06. The number of anilines is 1. The molecule has 108 valence electrons. The lowest BCUT2D eigenvalue weighted by molar-refractivity contribution is 0.589. The first-order valence-corrected chi connectivity index (χ1v) is 7.47. The third kappa shape index (κ3) is 2.34. The minimum absolute atomic E-state index is 0.114. The molecular weight excluding hydrogens is 295 g/mol. The Balaban J connectivity index is 2.22. The summed E-state index contributed by atoms with van der Waals surface area (Å²) in [7, 11) is -3.95. The second-order valence-electron chi connectivity index (χ2n) is 4.53. The average Bonchev–Trinajstić information content (AvgIpc) is 2.80. The summed E-state index contributed by atoms with van der Waals surface area (Å²) in [6, 6.07) is 8.55. The molecule has 0 aliphatic rings. The second kappa shape index (κ2) is 4.54. The monoisotopic (exact) mass is 306 g/mol. The molecule has 0 amide bonds. The molecule has 8 heteroatoms. The highest BCUT2D eigenvalue weighted by Gasteiger charge is 2.14. The van der Waals surface area contributed by atoms with Gasteiger partial charge in [-0.1, -0.05) is 0 Å². The van der Waals surface area contributed by atoms with Crippen molar-refractivity contribution >= 4 is 26.6 Å². The lowest BCUT2D eigenvalue weighted by atomic mass is 10.2. The zero-order valence-corrected chi connectivity index (χ0v) is 11.5. The fourth-order valence-corrected chi connectivity index (χ4v) is 2.59. The van der Waals surface area contributed by atoms with E-state index in [1.807, 2.05) is 0 Å². The van der Waals surface area contributed by atoms with Crippen LogP contribution < -0.4 is 10.9 Å². The normalized spacial score (nSPS) is 11.9. The lowest BCUT2D eigenvalue weighted by Crippen LogP contribution is -2.13. The number of sulfonamides is 1. The van der Waals surface area contributed by atoms with Gasteiger partial charge in [0, 0.05) is 11.1 Å². The number of primary sulfonamides is 1. The van der Waals surface area contributed by atoms with E-state index < -0.39 is 15.8 Å². The van der Waals surface area contributed by atoms with Gasteiger partial charge in [-0.15, -0.1) is 0 Å². The Morgan fingerprint density at radius 1 is 1.14 bits per heavy atom. The van der Waals surface area contributed by atoms with Crippen molar-refractivity contribution in [2.24, 2.45) is 5.14 Å². The lowest BCUT2D eigenvalue weighted by Gasteiger charge is -2.07. The molecule has 2 aromatic carbocycles. The Hall–Kier alpha value is -2.45. The predicted octanol–water partition coefficient (Wildman–Crippen LogP) is 1.39. The van der Waals surface area contributed by atoms with Crippen LogP contribution in [0, 0.1) is 5.82 Å². The van der Waals surface area contributed by atoms with Crippen LogP contribution >= 0.6 is 0 Å². The summed E-state index contributed by atoms with van der Waals surface area (Å²) >= 11 is 0. The maximum absolute atomic E-state index is 14.2. The van der Waals surface area contributed by atoms with Gasteiger partial charge in [-0.25, -0.2) is 22.6 Å². The zero-order valence-electron chi connectivity index (χ0n) is 10.7. The molecule has 0 bridgehead atoms. The molecule has 0 aliphatic heterocycles. The molecule has 0 fully saturated rings. The van der Waals surface area contributed by atoms with Crippen LogP contribution in [0.4, 0.5) is 10.1 Å². The van der Waals surface area contributed by atoms with Crippen molar-refractivity contribution in [1.82, 2.24) is 9.78 Å². The Morgan fingerprint density at radius 3 is 2.57 bits per heavy atom. The van der Waals surface area contributed by atoms with Gasteiger partial charge in [0.2, 0.25) is 10.0 Å². The van der Waals surface area contributed by atoms with Crippen molar-refractivity contribution in [2.75, 3.05) is 5.73 Å². The maximum atomic E-state index is 14.2. The molecule has 4 N–H and O–H groups in total. The third-order valence-electron chi connectivity index (χ3n) is 3.07. The fraction of sp³-hybridized carbons (Fsp3) is 0. The molecule has 0 radical (unpaired) electrons. The third-order valence-corrected chi connectivity index (χ3v) is 3.98. The van der Waals surface area contributed by atoms with Crippen molar-refractivity contribution in [2.45, 2.75) is 4.90 Å². The Bertz CT molecular complexity index is 950. The number of hydrogen-bond acceptors (Lipinski definition) is 4. The summed E-state index contributed by atoms with van der Waals surface area (Å²) in [6.07, 6.45) is 1.57. The molecular formula is C13H11FN4O2S. The van der Waals surface area contributed by atoms with E-state index in [9.17, 15) is 12.8 Å². The van der Waals surface area contributed by atoms with Gasteiger partial charge in [0.15, 0.2) is 0 Å². The number of halogens is 1. The summed E-state index contributed by atoms with van der Waals surface area (Å²) in [5, 5.41) is 9.86. The molecule has 1 aromatic heterocycles. The van der Waals surface area contributed by atoms with Crippen molar-refractivity contribution in [3.05, 3.63) is 48.4 Å². The highest BCUT2D eigenvalue weighted by atomic mass is 32.2. The quantitative estimate of drug-likeness (QED) is 0.698. The van der Waals surface area contributed by atoms with Gasteiger partial charge in [0.25, 0.3) is 0 Å². The van der Waals surface area contributed by atoms with Crippen LogP contribution in [-0.4, -0.2) is 18.2 Å². The van der Waals surface area contributed by atoms with Gasteiger partial charge in [-0.2, -0.15) is 5.10 Å². The first-order chi connectivity index (χ1) is 9.86. The first-order valence-electron chi connectivity index (χ1n) is 5.92. The van der Waals surface area contributed by atoms with Crippen LogP contribution in [-0.2, 0) is 10.0 Å². The second-order valence-corrected chi connectivity index (χ2v) is 6.09. The van der Waals surface area contributed by atoms with Crippen LogP contribution in [0.15, 0.2) is 47.5 Å². The van der Waals surface area contributed by atoms with E-state index in [-0.39, 0.29) is 10.6 Å². The largest absolute Gasteiger partial charge is 0.399 e. The SMILES string of the molecule is Nc1ccc2cnn(-c3ccc(S(N)(=O)=O)cc3F)c2c1. The Morgan fingerprint density at radius 2 is 1.90 bits per heavy atom. The molecule has 0 atom stereocenters. The smallest absolute Gasteiger partial charge is 0.238 e. The van der Waals surface area contributed by atoms with Crippen molar-refractivity contribution in [3.63, 3.8) is 0 Å². The number of nitrogen functional groups attached to an aromatic ring is 1. The summed E-state index contributed by atoms with van der Waals surface area (Å²) in [5.74, 6) is -0.742. The topological polar surface area (TPSA) is 104 Å². The first kappa shape index (κ1) is 13.5. The van der Waals surface area contributed by atoms with E-state index in [4.69, 9.17) is 10.9 Å². The summed E-state index contributed by atoms with van der Waals surface area (Å²) < 4.78 is 37.9. The summed E-state index contributed by atoms with van der Waals surface area (Å²) in [6.45, 7) is 0. The van der Waals surface area contributed by atoms with Crippen molar-refractivity contribution in [1.29, 1.82) is 0 Å². The average molecular weight is 306 g/mol. The molecule has 0 saturated carbocycles. The van der Waals surface area contributed by atoms with E-state index in [0.717, 1.165) is 11.5 Å². The van der Waals surface area contributed by atoms with Gasteiger partial charge < -0.3 is 5.73 Å². The summed E-state index contributed by atoms with van der Waals surface area (Å²) in [5.41, 5.74) is 6.97. The maximum Gasteiger partial charge on any atom is 0.238 e. The molecule has 6 nitrogen and oxygen atoms in total. The number of rotatable bonds is 2. The number of hydrogen-bond donors (Lipinski definition) is 2. The number of fused-ring (bicyclic) bond motifs is 1. The standard InChI is InChI=1S/C13H11FN4O2S/c14-11-6-10(21(16,19)20)3-4-12(11)18-13-5-9(15)2-1-8(13)7-17-18/h1-7H,15H2,(H2,16,19,20). The highest BCUT2D eigenvalue weighted by Crippen LogP contribution is 2.23. The molecule has 3 aromatic rings. The number of nitrogens with zero attached hydrogens (tertiary/aromatic N) is 2. The summed E-state index contributed by atoms with van der Waals surface area (Å²) in [4.78, 5) is -0.292. The van der Waals surface area contributed by atoms with Gasteiger partial charge in [-0.3, -0.25) is 0 Å². The van der Waals surface area contributed by atoms with E-state index in [1.165, 1.54) is 16.8 Å². The van der Waals surface area contributed by atoms with Gasteiger partial charge >= 0.3 is 0 Å². The van der Waals surface area contributed by atoms with Crippen LogP contribution in [0.3, 0.4) is 0 Å². The van der Waals surface area contributed by atoms with Crippen molar-refractivity contribution < 1.29 is 12.8 Å². The van der Waals surface area contributed by atoms with E-state index >= 15 is 0 Å². The molecule has 1 heterocycles. The predicted molar refractivity (Wildman–Crippen MR) is 76.8 cm³/mol. The van der Waals surface area contributed by atoms with Gasteiger partial charge in [-0.05, 0) is 36.4 Å². The molecule has 0 aliphatic carbocycles. The van der Waals surface area contributed by atoms with E-state index in [0.29, 0.717) is 11.2 Å². The van der Waals surface area contributed by atoms with Crippen LogP contribution in [0.2, 0.25) is 0 Å². The highest BCUT2D eigenvalue weighted by molar-refractivity contribution is 7.89. The molecule has 21 heavy (non-hydrogen) atoms. The van der Waals surface area contributed by atoms with Crippen LogP contribution in [0.25, 0.3) is 16.6 Å². The zero-order chi connectivity index (χ0) is 15.2. The number of benzene rings is 2.